The van der Waals surface area contributed by atoms with E-state index in [0.717, 1.165) is 0 Å². The van der Waals surface area contributed by atoms with Crippen molar-refractivity contribution in [2.75, 3.05) is 19.5 Å². The predicted molar refractivity (Wildman–Crippen MR) is 155 cm³/mol. The summed E-state index contributed by atoms with van der Waals surface area (Å²) < 4.78 is 16.6. The van der Waals surface area contributed by atoms with Gasteiger partial charge >= 0.3 is 6.09 Å². The Balaban J connectivity index is 2.61. The number of methoxy groups -OCH3 is 2. The van der Waals surface area contributed by atoms with Crippen LogP contribution in [0.3, 0.4) is 0 Å². The lowest BCUT2D eigenvalue weighted by Crippen LogP contribution is -2.37. The van der Waals surface area contributed by atoms with Gasteiger partial charge in [-0.15, -0.1) is 12.3 Å². The van der Waals surface area contributed by atoms with Gasteiger partial charge in [0.25, 0.3) is 5.91 Å². The highest BCUT2D eigenvalue weighted by atomic mass is 16.6. The molecule has 2 bridgehead atoms. The molecule has 9 heteroatoms. The van der Waals surface area contributed by atoms with Crippen molar-refractivity contribution in [1.29, 1.82) is 0 Å². The van der Waals surface area contributed by atoms with Crippen LogP contribution in [0.1, 0.15) is 45.2 Å². The Hall–Kier alpha value is -3.58. The fourth-order valence-electron chi connectivity index (χ4n) is 4.87. The third-order valence-corrected chi connectivity index (χ3v) is 7.04. The summed E-state index contributed by atoms with van der Waals surface area (Å²) in [6.07, 6.45) is 9.42. The van der Waals surface area contributed by atoms with Gasteiger partial charge in [-0.25, -0.2) is 4.79 Å². The van der Waals surface area contributed by atoms with Gasteiger partial charge in [0.1, 0.15) is 11.9 Å². The van der Waals surface area contributed by atoms with Crippen molar-refractivity contribution in [2.45, 2.75) is 71.4 Å². The van der Waals surface area contributed by atoms with E-state index in [4.69, 9.17) is 26.4 Å². The van der Waals surface area contributed by atoms with Crippen molar-refractivity contribution in [1.82, 2.24) is 0 Å². The first kappa shape index (κ1) is 32.6. The van der Waals surface area contributed by atoms with Crippen molar-refractivity contribution in [3.8, 4) is 18.1 Å². The van der Waals surface area contributed by atoms with E-state index >= 15 is 0 Å². The summed E-state index contributed by atoms with van der Waals surface area (Å²) in [6.45, 7) is 7.27. The molecule has 6 unspecified atom stereocenters. The molecule has 0 saturated heterocycles. The molecule has 1 aromatic rings. The number of carbonyl (C=O) groups excluding carboxylic acids is 2. The fourth-order valence-corrected chi connectivity index (χ4v) is 4.87. The zero-order chi connectivity index (χ0) is 30.0. The van der Waals surface area contributed by atoms with Crippen LogP contribution in [0.4, 0.5) is 10.5 Å². The molecule has 1 aromatic carbocycles. The van der Waals surface area contributed by atoms with Crippen LogP contribution < -0.4 is 11.1 Å². The minimum Gasteiger partial charge on any atom is -0.507 e. The number of phenolic OH excluding ortho intramolecular Hbond substituents is 1. The number of nitrogens with two attached hydrogens (primary N) is 1. The lowest BCUT2D eigenvalue weighted by Gasteiger charge is -2.29. The molecule has 9 nitrogen and oxygen atoms in total. The molecule has 5 N–H and O–H groups in total. The number of primary amides is 1. The number of aromatic hydroxyl groups is 1. The number of rotatable bonds is 4. The number of nitrogens with one attached hydrogen (secondary N) is 1. The van der Waals surface area contributed by atoms with Gasteiger partial charge in [-0.3, -0.25) is 4.79 Å². The van der Waals surface area contributed by atoms with Crippen molar-refractivity contribution < 1.29 is 34.0 Å². The Morgan fingerprint density at radius 1 is 1.23 bits per heavy atom. The molecule has 0 radical (unpaired) electrons. The number of amides is 2. The largest absolute Gasteiger partial charge is 0.507 e. The Morgan fingerprint density at radius 2 is 1.93 bits per heavy atom. The van der Waals surface area contributed by atoms with Crippen LogP contribution in [0, 0.1) is 24.2 Å². The summed E-state index contributed by atoms with van der Waals surface area (Å²) >= 11 is 0. The van der Waals surface area contributed by atoms with Crippen LogP contribution in [0.15, 0.2) is 47.6 Å². The minimum absolute atomic E-state index is 0.0101. The number of hydrogen-bond acceptors (Lipinski definition) is 7. The highest BCUT2D eigenvalue weighted by Crippen LogP contribution is 2.32. The zero-order valence-corrected chi connectivity index (χ0v) is 24.1. The number of carbonyl (C=O) groups is 2. The van der Waals surface area contributed by atoms with E-state index in [-0.39, 0.29) is 29.9 Å². The maximum absolute atomic E-state index is 13.0. The van der Waals surface area contributed by atoms with Crippen LogP contribution in [-0.4, -0.2) is 60.8 Å². The van der Waals surface area contributed by atoms with Gasteiger partial charge in [0.2, 0.25) is 0 Å². The van der Waals surface area contributed by atoms with Crippen LogP contribution in [0.5, 0.6) is 5.75 Å². The van der Waals surface area contributed by atoms with Crippen molar-refractivity contribution in [2.24, 2.45) is 17.6 Å². The van der Waals surface area contributed by atoms with E-state index in [0.29, 0.717) is 40.8 Å². The first-order valence-electron chi connectivity index (χ1n) is 13.2. The molecule has 0 spiro atoms. The van der Waals surface area contributed by atoms with Gasteiger partial charge in [0.15, 0.2) is 6.10 Å². The van der Waals surface area contributed by atoms with E-state index in [1.807, 2.05) is 13.8 Å². The number of terminal acetylenes is 1. The second-order valence-corrected chi connectivity index (χ2v) is 10.4. The number of aliphatic hydroxyl groups is 1. The molecular formula is C31H42N2O7. The summed E-state index contributed by atoms with van der Waals surface area (Å²) in [5.74, 6) is 1.92. The second kappa shape index (κ2) is 15.3. The van der Waals surface area contributed by atoms with Crippen molar-refractivity contribution >= 4 is 17.7 Å². The zero-order valence-electron chi connectivity index (χ0n) is 24.1. The maximum atomic E-state index is 13.0. The number of ether oxygens (including phenoxy) is 3. The third kappa shape index (κ3) is 8.98. The minimum atomic E-state index is -0.969. The smallest absolute Gasteiger partial charge is 0.405 e. The van der Waals surface area contributed by atoms with Gasteiger partial charge in [-0.05, 0) is 55.9 Å². The average molecular weight is 555 g/mol. The van der Waals surface area contributed by atoms with Crippen LogP contribution >= 0.6 is 0 Å². The SMILES string of the molecule is C#CCc1cc2cc(c1O)CC(C)CC(OC)C(O)C(C)C=C(C)C(OC(N)=O)C(OC)C=CC=C(C)C(=O)N2. The lowest BCUT2D eigenvalue weighted by atomic mass is 9.87. The molecule has 0 saturated carbocycles. The Morgan fingerprint density at radius 3 is 2.52 bits per heavy atom. The standard InChI is InChI=1S/C31H42N2O7/c1-8-10-22-16-24-17-23(28(22)35)13-18(2)14-26(39-7)27(34)20(4)15-21(5)29(40-31(32)37)25(38-6)12-9-11-19(3)30(36)33-24/h1,9,11-12,15-18,20,25-27,29,34-35H,10,13-14H2,2-7H3,(H2,32,37)(H,33,36). The maximum Gasteiger partial charge on any atom is 0.405 e. The van der Waals surface area contributed by atoms with E-state index in [1.165, 1.54) is 14.2 Å². The highest BCUT2D eigenvalue weighted by molar-refractivity contribution is 6.03. The molecule has 0 fully saturated rings. The van der Waals surface area contributed by atoms with Gasteiger partial charge in [0.05, 0.1) is 12.2 Å². The predicted octanol–water partition coefficient (Wildman–Crippen LogP) is 4.03. The summed E-state index contributed by atoms with van der Waals surface area (Å²) in [6, 6.07) is 3.40. The van der Waals surface area contributed by atoms with E-state index in [9.17, 15) is 19.8 Å². The van der Waals surface area contributed by atoms with Gasteiger partial charge in [-0.1, -0.05) is 38.2 Å². The number of anilines is 1. The molecule has 6 atom stereocenters. The Bertz CT molecular complexity index is 1180. The molecule has 218 valence electrons. The summed E-state index contributed by atoms with van der Waals surface area (Å²) in [4.78, 5) is 24.7. The molecule has 40 heavy (non-hydrogen) atoms. The normalized spacial score (nSPS) is 26.7. The number of hydrogen-bond donors (Lipinski definition) is 4. The van der Waals surface area contributed by atoms with Gasteiger partial charge in [0, 0.05) is 43.4 Å². The Kier molecular flexibility index (Phi) is 12.5. The van der Waals surface area contributed by atoms with E-state index in [1.54, 1.807) is 50.3 Å². The van der Waals surface area contributed by atoms with Crippen LogP contribution in [0.2, 0.25) is 0 Å². The van der Waals surface area contributed by atoms with Crippen LogP contribution in [0.25, 0.3) is 0 Å². The number of phenols is 1. The molecule has 0 aromatic heterocycles. The summed E-state index contributed by atoms with van der Waals surface area (Å²) in [5, 5.41) is 25.0. The van der Waals surface area contributed by atoms with Crippen LogP contribution in [-0.2, 0) is 31.8 Å². The monoisotopic (exact) mass is 554 g/mol. The molecule has 2 rings (SSSR count). The fraction of sp³-hybridized carbons (Fsp3) is 0.484. The quantitative estimate of drug-likeness (QED) is 0.250. The topological polar surface area (TPSA) is 140 Å². The summed E-state index contributed by atoms with van der Waals surface area (Å²) in [5.41, 5.74) is 8.06. The average Bonchev–Trinajstić information content (AvgIpc) is 2.90. The second-order valence-electron chi connectivity index (χ2n) is 10.4. The molecule has 0 aliphatic carbocycles. The number of fused-ring (bicyclic) bond motifs is 2. The Labute approximate surface area is 237 Å². The molecule has 1 aliphatic heterocycles. The third-order valence-electron chi connectivity index (χ3n) is 7.04. The number of aliphatic hydroxyl groups excluding tert-OH is 1. The van der Waals surface area contributed by atoms with Gasteiger partial charge < -0.3 is 35.5 Å². The number of benzene rings is 1. The first-order chi connectivity index (χ1) is 18.9. The lowest BCUT2D eigenvalue weighted by molar-refractivity contribution is -0.112. The van der Waals surface area contributed by atoms with E-state index in [2.05, 4.69) is 11.2 Å². The van der Waals surface area contributed by atoms with Crippen molar-refractivity contribution in [3.05, 3.63) is 58.7 Å². The molecular weight excluding hydrogens is 512 g/mol. The van der Waals surface area contributed by atoms with Crippen molar-refractivity contribution in [3.63, 3.8) is 0 Å². The molecule has 2 amide bonds. The first-order valence-corrected chi connectivity index (χ1v) is 13.2. The highest BCUT2D eigenvalue weighted by Gasteiger charge is 2.29. The molecule has 1 aliphatic rings. The van der Waals surface area contributed by atoms with E-state index < -0.39 is 30.5 Å². The summed E-state index contributed by atoms with van der Waals surface area (Å²) in [7, 11) is 3.01. The molecule has 1 heterocycles. The van der Waals surface area contributed by atoms with Gasteiger partial charge in [-0.2, -0.15) is 0 Å². The number of allylic oxidation sites excluding steroid dienone is 2.